The lowest BCUT2D eigenvalue weighted by Crippen LogP contribution is -2.36. The number of rotatable bonds is 4. The molecule has 2 rings (SSSR count). The van der Waals surface area contributed by atoms with Gasteiger partial charge in [-0.3, -0.25) is 4.79 Å². The Morgan fingerprint density at radius 3 is 2.93 bits per heavy atom. The molecule has 0 unspecified atom stereocenters. The molecule has 5 nitrogen and oxygen atoms in total. The van der Waals surface area contributed by atoms with Crippen molar-refractivity contribution in [3.8, 4) is 0 Å². The molecule has 1 aliphatic rings. The first kappa shape index (κ1) is 10.8. The fourth-order valence-electron chi connectivity index (χ4n) is 1.14. The van der Waals surface area contributed by atoms with E-state index in [1.807, 2.05) is 7.05 Å². The summed E-state index contributed by atoms with van der Waals surface area (Å²) >= 11 is 4.65. The number of carbonyl (C=O) groups is 1. The van der Waals surface area contributed by atoms with Crippen LogP contribution in [0.25, 0.3) is 0 Å². The van der Waals surface area contributed by atoms with E-state index in [1.54, 1.807) is 4.90 Å². The van der Waals surface area contributed by atoms with Crippen LogP contribution >= 0.6 is 27.3 Å². The van der Waals surface area contributed by atoms with Crippen LogP contribution in [0.5, 0.6) is 0 Å². The number of likely N-dealkylation sites (N-methyl/N-ethyl adjacent to an activating group) is 1. The smallest absolute Gasteiger partial charge is 0.239 e. The lowest BCUT2D eigenvalue weighted by Gasteiger charge is -2.14. The van der Waals surface area contributed by atoms with E-state index < -0.39 is 0 Å². The van der Waals surface area contributed by atoms with Crippen molar-refractivity contribution in [1.82, 2.24) is 15.5 Å². The quantitative estimate of drug-likeness (QED) is 0.899. The van der Waals surface area contributed by atoms with Gasteiger partial charge in [-0.1, -0.05) is 11.3 Å². The van der Waals surface area contributed by atoms with Crippen LogP contribution < -0.4 is 10.2 Å². The summed E-state index contributed by atoms with van der Waals surface area (Å²) in [7, 11) is 1.83. The summed E-state index contributed by atoms with van der Waals surface area (Å²) in [5, 5.41) is 11.4. The van der Waals surface area contributed by atoms with Gasteiger partial charge in [-0.05, 0) is 28.8 Å². The fraction of sp³-hybridized carbons (Fsp3) is 0.625. The van der Waals surface area contributed by atoms with Gasteiger partial charge in [0.15, 0.2) is 3.92 Å². The molecule has 82 valence electrons. The van der Waals surface area contributed by atoms with Crippen molar-refractivity contribution in [3.05, 3.63) is 3.92 Å². The van der Waals surface area contributed by atoms with Crippen LogP contribution in [0, 0.1) is 0 Å². The Labute approximate surface area is 100 Å². The zero-order chi connectivity index (χ0) is 10.8. The molecule has 0 radical (unpaired) electrons. The first-order valence-corrected chi connectivity index (χ1v) is 6.25. The molecule has 0 bridgehead atoms. The molecule has 1 amide bonds. The maximum atomic E-state index is 11.5. The summed E-state index contributed by atoms with van der Waals surface area (Å²) in [6, 6.07) is 0.409. The van der Waals surface area contributed by atoms with Gasteiger partial charge in [0, 0.05) is 13.1 Å². The first-order valence-electron chi connectivity index (χ1n) is 4.64. The molecule has 1 fully saturated rings. The van der Waals surface area contributed by atoms with Crippen LogP contribution in [-0.2, 0) is 4.79 Å². The molecule has 15 heavy (non-hydrogen) atoms. The molecule has 0 saturated heterocycles. The van der Waals surface area contributed by atoms with Gasteiger partial charge in [0.05, 0.1) is 6.54 Å². The van der Waals surface area contributed by atoms with E-state index in [0.29, 0.717) is 12.6 Å². The molecule has 1 aliphatic carbocycles. The second-order valence-corrected chi connectivity index (χ2v) is 5.77. The van der Waals surface area contributed by atoms with Gasteiger partial charge in [0.1, 0.15) is 0 Å². The Balaban J connectivity index is 1.85. The van der Waals surface area contributed by atoms with E-state index in [1.165, 1.54) is 11.3 Å². The van der Waals surface area contributed by atoms with Crippen molar-refractivity contribution in [3.63, 3.8) is 0 Å². The minimum absolute atomic E-state index is 0.0475. The van der Waals surface area contributed by atoms with Crippen LogP contribution in [0.4, 0.5) is 5.13 Å². The largest absolute Gasteiger partial charge is 0.352 e. The van der Waals surface area contributed by atoms with Gasteiger partial charge >= 0.3 is 0 Å². The summed E-state index contributed by atoms with van der Waals surface area (Å²) in [4.78, 5) is 13.3. The highest BCUT2D eigenvalue weighted by atomic mass is 79.9. The van der Waals surface area contributed by atoms with Crippen molar-refractivity contribution in [2.45, 2.75) is 18.9 Å². The molecule has 1 N–H and O–H groups in total. The summed E-state index contributed by atoms with van der Waals surface area (Å²) < 4.78 is 0.729. The number of anilines is 1. The molecule has 0 aliphatic heterocycles. The van der Waals surface area contributed by atoms with Crippen LogP contribution in [0.1, 0.15) is 12.8 Å². The molecule has 7 heteroatoms. The van der Waals surface area contributed by atoms with Crippen LogP contribution in [0.3, 0.4) is 0 Å². The Morgan fingerprint density at radius 1 is 1.67 bits per heavy atom. The van der Waals surface area contributed by atoms with Crippen molar-refractivity contribution < 1.29 is 4.79 Å². The summed E-state index contributed by atoms with van der Waals surface area (Å²) in [5.41, 5.74) is 0. The van der Waals surface area contributed by atoms with Gasteiger partial charge in [-0.2, -0.15) is 0 Å². The molecular weight excluding hydrogens is 280 g/mol. The van der Waals surface area contributed by atoms with E-state index in [0.717, 1.165) is 21.9 Å². The third-order valence-electron chi connectivity index (χ3n) is 2.04. The lowest BCUT2D eigenvalue weighted by molar-refractivity contribution is -0.119. The highest BCUT2D eigenvalue weighted by molar-refractivity contribution is 9.11. The predicted molar refractivity (Wildman–Crippen MR) is 62.0 cm³/mol. The average molecular weight is 291 g/mol. The van der Waals surface area contributed by atoms with E-state index >= 15 is 0 Å². The monoisotopic (exact) mass is 290 g/mol. The van der Waals surface area contributed by atoms with Gasteiger partial charge in [-0.25, -0.2) is 0 Å². The zero-order valence-electron chi connectivity index (χ0n) is 8.23. The van der Waals surface area contributed by atoms with Crippen molar-refractivity contribution in [2.75, 3.05) is 18.5 Å². The van der Waals surface area contributed by atoms with Crippen LogP contribution in [-0.4, -0.2) is 35.7 Å². The third-order valence-corrected chi connectivity index (χ3v) is 3.51. The number of aromatic nitrogens is 2. The average Bonchev–Trinajstić information content (AvgIpc) is 2.85. The van der Waals surface area contributed by atoms with Crippen LogP contribution in [0.2, 0.25) is 0 Å². The molecule has 1 aromatic rings. The van der Waals surface area contributed by atoms with E-state index in [4.69, 9.17) is 0 Å². The Hall–Kier alpha value is -0.690. The number of amides is 1. The normalized spacial score (nSPS) is 15.1. The van der Waals surface area contributed by atoms with Gasteiger partial charge < -0.3 is 10.2 Å². The number of halogens is 1. The van der Waals surface area contributed by atoms with Gasteiger partial charge in [-0.15, -0.1) is 10.2 Å². The topological polar surface area (TPSA) is 58.1 Å². The molecule has 1 aromatic heterocycles. The fourth-order valence-corrected chi connectivity index (χ4v) is 2.18. The molecule has 1 saturated carbocycles. The molecule has 1 heterocycles. The minimum Gasteiger partial charge on any atom is -0.352 e. The van der Waals surface area contributed by atoms with Gasteiger partial charge in [0.25, 0.3) is 0 Å². The number of nitrogens with one attached hydrogen (secondary N) is 1. The number of hydrogen-bond donors (Lipinski definition) is 1. The summed E-state index contributed by atoms with van der Waals surface area (Å²) in [6.07, 6.45) is 2.22. The first-order chi connectivity index (χ1) is 7.15. The number of hydrogen-bond acceptors (Lipinski definition) is 5. The summed E-state index contributed by atoms with van der Waals surface area (Å²) in [5.74, 6) is 0.0475. The highest BCUT2D eigenvalue weighted by Crippen LogP contribution is 2.23. The summed E-state index contributed by atoms with van der Waals surface area (Å²) in [6.45, 7) is 0.331. The standard InChI is InChI=1S/C8H11BrN4OS/c1-13(8-12-11-7(9)15-8)4-6(14)10-5-2-3-5/h5H,2-4H2,1H3,(H,10,14). The lowest BCUT2D eigenvalue weighted by atomic mass is 10.5. The Morgan fingerprint density at radius 2 is 2.40 bits per heavy atom. The highest BCUT2D eigenvalue weighted by Gasteiger charge is 2.23. The second-order valence-electron chi connectivity index (χ2n) is 3.54. The zero-order valence-corrected chi connectivity index (χ0v) is 10.6. The molecular formula is C8H11BrN4OS. The van der Waals surface area contributed by atoms with E-state index in [2.05, 4.69) is 31.4 Å². The van der Waals surface area contributed by atoms with Crippen molar-refractivity contribution >= 4 is 38.3 Å². The molecule has 0 aromatic carbocycles. The van der Waals surface area contributed by atoms with E-state index in [9.17, 15) is 4.79 Å². The van der Waals surface area contributed by atoms with E-state index in [-0.39, 0.29) is 5.91 Å². The second kappa shape index (κ2) is 4.44. The minimum atomic E-state index is 0.0475. The number of nitrogens with zero attached hydrogens (tertiary/aromatic N) is 3. The van der Waals surface area contributed by atoms with Crippen molar-refractivity contribution in [2.24, 2.45) is 0 Å². The van der Waals surface area contributed by atoms with Crippen LogP contribution in [0.15, 0.2) is 3.92 Å². The van der Waals surface area contributed by atoms with Gasteiger partial charge in [0.2, 0.25) is 11.0 Å². The Bertz CT molecular complexity index is 365. The molecule has 0 atom stereocenters. The predicted octanol–water partition coefficient (Wildman–Crippen LogP) is 1.02. The number of carbonyl (C=O) groups excluding carboxylic acids is 1. The maximum Gasteiger partial charge on any atom is 0.239 e. The Kier molecular flexibility index (Phi) is 3.20. The molecule has 0 spiro atoms. The SMILES string of the molecule is CN(CC(=O)NC1CC1)c1nnc(Br)s1. The van der Waals surface area contributed by atoms with Crippen molar-refractivity contribution in [1.29, 1.82) is 0 Å². The third kappa shape index (κ3) is 3.13. The maximum absolute atomic E-state index is 11.5.